The third-order valence-electron chi connectivity index (χ3n) is 4.32. The van der Waals surface area contributed by atoms with Gasteiger partial charge >= 0.3 is 0 Å². The van der Waals surface area contributed by atoms with E-state index in [0.717, 1.165) is 29.8 Å². The largest absolute Gasteiger partial charge is 0.494 e. The predicted molar refractivity (Wildman–Crippen MR) is 122 cm³/mol. The van der Waals surface area contributed by atoms with Crippen molar-refractivity contribution in [2.45, 2.75) is 19.8 Å². The van der Waals surface area contributed by atoms with Crippen LogP contribution in [0, 0.1) is 6.92 Å². The molecular formula is C24H24N2O2S. The number of ether oxygens (including phenoxy) is 1. The summed E-state index contributed by atoms with van der Waals surface area (Å²) >= 11 is 5.26. The lowest BCUT2D eigenvalue weighted by Gasteiger charge is -2.12. The molecule has 0 aliphatic heterocycles. The van der Waals surface area contributed by atoms with Crippen LogP contribution in [0.1, 0.15) is 27.9 Å². The Balaban J connectivity index is 1.47. The molecule has 0 aromatic heterocycles. The van der Waals surface area contributed by atoms with Crippen LogP contribution in [-0.2, 0) is 6.42 Å². The fraction of sp³-hybridized carbons (Fsp3) is 0.167. The molecule has 0 atom stereocenters. The Morgan fingerprint density at radius 1 is 0.966 bits per heavy atom. The summed E-state index contributed by atoms with van der Waals surface area (Å²) in [4.78, 5) is 12.3. The van der Waals surface area contributed by atoms with Gasteiger partial charge in [0.25, 0.3) is 5.91 Å². The zero-order valence-electron chi connectivity index (χ0n) is 16.4. The molecular weight excluding hydrogens is 380 g/mol. The second-order valence-electron chi connectivity index (χ2n) is 6.74. The van der Waals surface area contributed by atoms with Gasteiger partial charge in [-0.3, -0.25) is 10.1 Å². The van der Waals surface area contributed by atoms with Crippen molar-refractivity contribution in [1.29, 1.82) is 0 Å². The minimum absolute atomic E-state index is 0.237. The molecule has 0 radical (unpaired) electrons. The van der Waals surface area contributed by atoms with Crippen molar-refractivity contribution >= 4 is 28.9 Å². The van der Waals surface area contributed by atoms with Crippen molar-refractivity contribution in [2.75, 3.05) is 11.9 Å². The van der Waals surface area contributed by atoms with Gasteiger partial charge in [-0.05, 0) is 61.8 Å². The standard InChI is InChI=1S/C24H24N2O2S/c1-18-8-5-12-20(16-18)23(27)26-24(29)25-21-13-6-14-22(17-21)28-15-7-11-19-9-3-2-4-10-19/h2-6,8-10,12-14,16-17H,7,11,15H2,1H3,(H2,25,26,27,29). The third kappa shape index (κ3) is 6.73. The molecule has 0 saturated heterocycles. The number of rotatable bonds is 7. The molecule has 3 aromatic carbocycles. The highest BCUT2D eigenvalue weighted by molar-refractivity contribution is 7.80. The van der Waals surface area contributed by atoms with Crippen LogP contribution in [0.25, 0.3) is 0 Å². The maximum Gasteiger partial charge on any atom is 0.257 e. The molecule has 0 heterocycles. The van der Waals surface area contributed by atoms with E-state index in [1.807, 2.05) is 67.6 Å². The van der Waals surface area contributed by atoms with E-state index in [-0.39, 0.29) is 11.0 Å². The van der Waals surface area contributed by atoms with Crippen LogP contribution in [0.3, 0.4) is 0 Å². The van der Waals surface area contributed by atoms with Crippen molar-refractivity contribution in [3.8, 4) is 5.75 Å². The topological polar surface area (TPSA) is 50.4 Å². The lowest BCUT2D eigenvalue weighted by atomic mass is 10.1. The highest BCUT2D eigenvalue weighted by Crippen LogP contribution is 2.18. The van der Waals surface area contributed by atoms with E-state index in [2.05, 4.69) is 22.8 Å². The Bertz CT molecular complexity index is 973. The quantitative estimate of drug-likeness (QED) is 0.423. The van der Waals surface area contributed by atoms with Gasteiger partial charge in [0.15, 0.2) is 5.11 Å². The Morgan fingerprint density at radius 2 is 1.76 bits per heavy atom. The first kappa shape index (κ1) is 20.6. The second-order valence-corrected chi connectivity index (χ2v) is 7.15. The van der Waals surface area contributed by atoms with Crippen LogP contribution in [0.4, 0.5) is 5.69 Å². The molecule has 3 rings (SSSR count). The molecule has 0 unspecified atom stereocenters. The number of thiocarbonyl (C=S) groups is 1. The lowest BCUT2D eigenvalue weighted by Crippen LogP contribution is -2.34. The van der Waals surface area contributed by atoms with Crippen LogP contribution in [0.2, 0.25) is 0 Å². The zero-order chi connectivity index (χ0) is 20.5. The highest BCUT2D eigenvalue weighted by Gasteiger charge is 2.08. The molecule has 29 heavy (non-hydrogen) atoms. The fourth-order valence-electron chi connectivity index (χ4n) is 2.90. The molecule has 0 spiro atoms. The summed E-state index contributed by atoms with van der Waals surface area (Å²) in [5.74, 6) is 0.524. The average Bonchev–Trinajstić information content (AvgIpc) is 2.72. The van der Waals surface area contributed by atoms with Crippen molar-refractivity contribution < 1.29 is 9.53 Å². The van der Waals surface area contributed by atoms with Gasteiger partial charge in [-0.25, -0.2) is 0 Å². The summed E-state index contributed by atoms with van der Waals surface area (Å²) in [6.07, 6.45) is 1.92. The van der Waals surface area contributed by atoms with Crippen LogP contribution in [0.5, 0.6) is 5.75 Å². The third-order valence-corrected chi connectivity index (χ3v) is 4.52. The van der Waals surface area contributed by atoms with Gasteiger partial charge in [0.1, 0.15) is 5.75 Å². The van der Waals surface area contributed by atoms with E-state index < -0.39 is 0 Å². The maximum atomic E-state index is 12.3. The van der Waals surface area contributed by atoms with Crippen LogP contribution >= 0.6 is 12.2 Å². The second kappa shape index (κ2) is 10.4. The number of hydrogen-bond acceptors (Lipinski definition) is 3. The summed E-state index contributed by atoms with van der Waals surface area (Å²) in [6.45, 7) is 2.57. The van der Waals surface area contributed by atoms with E-state index in [1.165, 1.54) is 5.56 Å². The van der Waals surface area contributed by atoms with Gasteiger partial charge in [0, 0.05) is 17.3 Å². The van der Waals surface area contributed by atoms with Gasteiger partial charge in [0.05, 0.1) is 6.61 Å². The molecule has 148 valence electrons. The van der Waals surface area contributed by atoms with E-state index in [0.29, 0.717) is 12.2 Å². The average molecular weight is 405 g/mol. The van der Waals surface area contributed by atoms with Gasteiger partial charge < -0.3 is 10.1 Å². The Kier molecular flexibility index (Phi) is 7.36. The first-order valence-electron chi connectivity index (χ1n) is 9.56. The number of benzene rings is 3. The molecule has 0 saturated carbocycles. The zero-order valence-corrected chi connectivity index (χ0v) is 17.2. The predicted octanol–water partition coefficient (Wildman–Crippen LogP) is 5.13. The molecule has 0 aliphatic carbocycles. The number of aryl methyl sites for hydroxylation is 2. The van der Waals surface area contributed by atoms with Gasteiger partial charge in [-0.15, -0.1) is 0 Å². The minimum Gasteiger partial charge on any atom is -0.494 e. The summed E-state index contributed by atoms with van der Waals surface area (Å²) in [5, 5.41) is 5.98. The Morgan fingerprint density at radius 3 is 2.55 bits per heavy atom. The van der Waals surface area contributed by atoms with Crippen molar-refractivity contribution in [1.82, 2.24) is 5.32 Å². The number of carbonyl (C=O) groups excluding carboxylic acids is 1. The maximum absolute atomic E-state index is 12.3. The monoisotopic (exact) mass is 404 g/mol. The Labute approximate surface area is 176 Å². The molecule has 5 heteroatoms. The number of carbonyl (C=O) groups is 1. The van der Waals surface area contributed by atoms with E-state index >= 15 is 0 Å². The lowest BCUT2D eigenvalue weighted by molar-refractivity contribution is 0.0977. The van der Waals surface area contributed by atoms with Crippen LogP contribution in [-0.4, -0.2) is 17.6 Å². The summed E-state index contributed by atoms with van der Waals surface area (Å²) in [7, 11) is 0. The first-order chi connectivity index (χ1) is 14.1. The van der Waals surface area contributed by atoms with Crippen LogP contribution in [0.15, 0.2) is 78.9 Å². The number of nitrogens with one attached hydrogen (secondary N) is 2. The van der Waals surface area contributed by atoms with Gasteiger partial charge in [-0.1, -0.05) is 54.1 Å². The minimum atomic E-state index is -0.237. The molecule has 3 aromatic rings. The summed E-state index contributed by atoms with van der Waals surface area (Å²) < 4.78 is 5.84. The van der Waals surface area contributed by atoms with Crippen molar-refractivity contribution in [3.63, 3.8) is 0 Å². The first-order valence-corrected chi connectivity index (χ1v) is 9.97. The van der Waals surface area contributed by atoms with E-state index in [9.17, 15) is 4.79 Å². The highest BCUT2D eigenvalue weighted by atomic mass is 32.1. The van der Waals surface area contributed by atoms with Gasteiger partial charge in [-0.2, -0.15) is 0 Å². The molecule has 0 aliphatic rings. The van der Waals surface area contributed by atoms with Crippen LogP contribution < -0.4 is 15.4 Å². The molecule has 0 bridgehead atoms. The van der Waals surface area contributed by atoms with Gasteiger partial charge in [0.2, 0.25) is 0 Å². The summed E-state index contributed by atoms with van der Waals surface area (Å²) in [6, 6.07) is 25.3. The SMILES string of the molecule is Cc1cccc(C(=O)NC(=S)Nc2cccc(OCCCc3ccccc3)c2)c1. The number of hydrogen-bond donors (Lipinski definition) is 2. The normalized spacial score (nSPS) is 10.2. The summed E-state index contributed by atoms with van der Waals surface area (Å²) in [5.41, 5.74) is 3.67. The molecule has 2 N–H and O–H groups in total. The van der Waals surface area contributed by atoms with E-state index in [4.69, 9.17) is 17.0 Å². The van der Waals surface area contributed by atoms with Crippen molar-refractivity contribution in [3.05, 3.63) is 95.6 Å². The van der Waals surface area contributed by atoms with Crippen molar-refractivity contribution in [2.24, 2.45) is 0 Å². The Hall–Kier alpha value is -3.18. The smallest absolute Gasteiger partial charge is 0.257 e. The number of anilines is 1. The number of amides is 1. The van der Waals surface area contributed by atoms with E-state index in [1.54, 1.807) is 6.07 Å². The fourth-order valence-corrected chi connectivity index (χ4v) is 3.11. The molecule has 4 nitrogen and oxygen atoms in total. The molecule has 1 amide bonds. The molecule has 0 fully saturated rings.